The van der Waals surface area contributed by atoms with Crippen LogP contribution in [0.3, 0.4) is 0 Å². The van der Waals surface area contributed by atoms with Crippen LogP contribution in [0.25, 0.3) is 0 Å². The number of hydrogen-bond donors (Lipinski definition) is 2. The molecule has 0 bridgehead atoms. The van der Waals surface area contributed by atoms with Gasteiger partial charge >= 0.3 is 5.97 Å². The molecule has 1 aliphatic heterocycles. The molecular weight excluding hydrogens is 242 g/mol. The zero-order valence-corrected chi connectivity index (χ0v) is 11.4. The first-order chi connectivity index (χ1) is 9.16. The molecule has 0 aromatic heterocycles. The van der Waals surface area contributed by atoms with E-state index in [2.05, 4.69) is 11.4 Å². The van der Waals surface area contributed by atoms with Crippen LogP contribution in [0.4, 0.5) is 0 Å². The molecule has 4 nitrogen and oxygen atoms in total. The molecule has 2 unspecified atom stereocenters. The first kappa shape index (κ1) is 14.1. The van der Waals surface area contributed by atoms with Crippen LogP contribution in [0.15, 0.2) is 11.8 Å². The van der Waals surface area contributed by atoms with Crippen molar-refractivity contribution >= 4 is 11.8 Å². The number of rotatable bonds is 6. The summed E-state index contributed by atoms with van der Waals surface area (Å²) in [4.78, 5) is 22.5. The summed E-state index contributed by atoms with van der Waals surface area (Å²) in [6, 6.07) is -0.0366. The molecule has 1 fully saturated rings. The standard InChI is InChI=1S/C15H23NO3/c17-14(7-3-4-8-15(18)19)13-10-9-11-5-1-2-6-12(11)16-13/h6,11,13,16H,1-5,7-10H2,(H,18,19). The molecule has 0 aromatic rings. The summed E-state index contributed by atoms with van der Waals surface area (Å²) in [7, 11) is 0. The first-order valence-corrected chi connectivity index (χ1v) is 7.38. The Morgan fingerprint density at radius 3 is 2.79 bits per heavy atom. The average Bonchev–Trinajstić information content (AvgIpc) is 2.42. The van der Waals surface area contributed by atoms with Crippen LogP contribution in [-0.4, -0.2) is 22.9 Å². The molecule has 0 spiro atoms. The highest BCUT2D eigenvalue weighted by Crippen LogP contribution is 2.32. The van der Waals surface area contributed by atoms with Crippen molar-refractivity contribution < 1.29 is 14.7 Å². The molecule has 106 valence electrons. The number of carboxylic acid groups (broad SMARTS) is 1. The zero-order chi connectivity index (χ0) is 13.7. The molecule has 0 aromatic carbocycles. The molecule has 1 heterocycles. The van der Waals surface area contributed by atoms with Crippen molar-refractivity contribution in [2.45, 2.75) is 63.8 Å². The lowest BCUT2D eigenvalue weighted by molar-refractivity contribution is -0.137. The Bertz CT molecular complexity index is 376. The van der Waals surface area contributed by atoms with E-state index in [4.69, 9.17) is 5.11 Å². The van der Waals surface area contributed by atoms with Gasteiger partial charge in [0.2, 0.25) is 0 Å². The molecule has 2 aliphatic rings. The zero-order valence-electron chi connectivity index (χ0n) is 11.4. The molecule has 19 heavy (non-hydrogen) atoms. The molecule has 2 N–H and O–H groups in total. The van der Waals surface area contributed by atoms with Gasteiger partial charge in [-0.2, -0.15) is 0 Å². The van der Waals surface area contributed by atoms with Gasteiger partial charge in [0.25, 0.3) is 0 Å². The van der Waals surface area contributed by atoms with Crippen molar-refractivity contribution in [2.24, 2.45) is 5.92 Å². The van der Waals surface area contributed by atoms with Gasteiger partial charge in [-0.25, -0.2) is 0 Å². The third-order valence-electron chi connectivity index (χ3n) is 4.16. The maximum Gasteiger partial charge on any atom is 0.303 e. The highest BCUT2D eigenvalue weighted by molar-refractivity contribution is 5.84. The number of allylic oxidation sites excluding steroid dienone is 2. The fourth-order valence-electron chi connectivity index (χ4n) is 3.05. The molecule has 0 saturated carbocycles. The topological polar surface area (TPSA) is 66.4 Å². The number of piperidine rings is 1. The van der Waals surface area contributed by atoms with Crippen molar-refractivity contribution in [3.63, 3.8) is 0 Å². The van der Waals surface area contributed by atoms with E-state index >= 15 is 0 Å². The van der Waals surface area contributed by atoms with E-state index in [1.165, 1.54) is 18.5 Å². The van der Waals surface area contributed by atoms with Gasteiger partial charge < -0.3 is 10.4 Å². The Kier molecular flexibility index (Phi) is 5.00. The summed E-state index contributed by atoms with van der Waals surface area (Å²) in [5.74, 6) is 0.110. The van der Waals surface area contributed by atoms with Crippen molar-refractivity contribution in [3.05, 3.63) is 11.8 Å². The summed E-state index contributed by atoms with van der Waals surface area (Å²) in [6.07, 6.45) is 9.88. The molecule has 0 amide bonds. The maximum absolute atomic E-state index is 12.1. The van der Waals surface area contributed by atoms with Crippen LogP contribution >= 0.6 is 0 Å². The molecule has 1 aliphatic carbocycles. The number of nitrogens with one attached hydrogen (secondary N) is 1. The summed E-state index contributed by atoms with van der Waals surface area (Å²) < 4.78 is 0. The maximum atomic E-state index is 12.1. The smallest absolute Gasteiger partial charge is 0.303 e. The summed E-state index contributed by atoms with van der Waals surface area (Å²) in [5, 5.41) is 12.0. The SMILES string of the molecule is O=C(O)CCCCC(=O)C1CCC2CCCC=C2N1. The summed E-state index contributed by atoms with van der Waals surface area (Å²) in [6.45, 7) is 0. The molecule has 2 rings (SSSR count). The van der Waals surface area contributed by atoms with Crippen molar-refractivity contribution in [2.75, 3.05) is 0 Å². The Morgan fingerprint density at radius 2 is 2.00 bits per heavy atom. The number of unbranched alkanes of at least 4 members (excludes halogenated alkanes) is 1. The van der Waals surface area contributed by atoms with Gasteiger partial charge in [-0.05, 0) is 50.9 Å². The molecule has 1 saturated heterocycles. The van der Waals surface area contributed by atoms with Crippen LogP contribution in [-0.2, 0) is 9.59 Å². The minimum Gasteiger partial charge on any atom is -0.481 e. The van der Waals surface area contributed by atoms with Gasteiger partial charge in [0.15, 0.2) is 5.78 Å². The average molecular weight is 265 g/mol. The number of Topliss-reactive ketones (excluding diaryl/α,β-unsaturated/α-hetero) is 1. The largest absolute Gasteiger partial charge is 0.481 e. The molecule has 2 atom stereocenters. The van der Waals surface area contributed by atoms with Crippen molar-refractivity contribution in [1.82, 2.24) is 5.32 Å². The van der Waals surface area contributed by atoms with E-state index in [9.17, 15) is 9.59 Å². The van der Waals surface area contributed by atoms with E-state index in [1.807, 2.05) is 0 Å². The van der Waals surface area contributed by atoms with Gasteiger partial charge in [0, 0.05) is 18.5 Å². The van der Waals surface area contributed by atoms with Gasteiger partial charge in [-0.3, -0.25) is 9.59 Å². The minimum absolute atomic E-state index is 0.0366. The second kappa shape index (κ2) is 6.73. The normalized spacial score (nSPS) is 26.0. The van der Waals surface area contributed by atoms with Crippen LogP contribution in [0.1, 0.15) is 57.8 Å². The lowest BCUT2D eigenvalue weighted by Crippen LogP contribution is -2.43. The van der Waals surface area contributed by atoms with E-state index in [0.29, 0.717) is 25.2 Å². The van der Waals surface area contributed by atoms with Gasteiger partial charge in [0.1, 0.15) is 0 Å². The Morgan fingerprint density at radius 1 is 1.21 bits per heavy atom. The predicted molar refractivity (Wildman–Crippen MR) is 72.7 cm³/mol. The second-order valence-corrected chi connectivity index (χ2v) is 5.63. The second-order valence-electron chi connectivity index (χ2n) is 5.63. The van der Waals surface area contributed by atoms with Crippen LogP contribution in [0.5, 0.6) is 0 Å². The summed E-state index contributed by atoms with van der Waals surface area (Å²) >= 11 is 0. The van der Waals surface area contributed by atoms with Crippen LogP contribution in [0.2, 0.25) is 0 Å². The Labute approximate surface area is 114 Å². The number of hydrogen-bond acceptors (Lipinski definition) is 3. The van der Waals surface area contributed by atoms with Crippen molar-refractivity contribution in [1.29, 1.82) is 0 Å². The fraction of sp³-hybridized carbons (Fsp3) is 0.733. The quantitative estimate of drug-likeness (QED) is 0.724. The Balaban J connectivity index is 1.74. The number of carbonyl (C=O) groups excluding carboxylic acids is 1. The molecule has 0 radical (unpaired) electrons. The van der Waals surface area contributed by atoms with E-state index in [-0.39, 0.29) is 18.2 Å². The van der Waals surface area contributed by atoms with Crippen LogP contribution < -0.4 is 5.32 Å². The molecule has 4 heteroatoms. The lowest BCUT2D eigenvalue weighted by atomic mass is 9.82. The Hall–Kier alpha value is -1.32. The van der Waals surface area contributed by atoms with Gasteiger partial charge in [-0.15, -0.1) is 0 Å². The number of ketones is 1. The lowest BCUT2D eigenvalue weighted by Gasteiger charge is -2.34. The monoisotopic (exact) mass is 265 g/mol. The van der Waals surface area contributed by atoms with Crippen molar-refractivity contribution in [3.8, 4) is 0 Å². The van der Waals surface area contributed by atoms with E-state index in [1.54, 1.807) is 0 Å². The third kappa shape index (κ3) is 4.08. The van der Waals surface area contributed by atoms with E-state index in [0.717, 1.165) is 19.3 Å². The minimum atomic E-state index is -0.779. The third-order valence-corrected chi connectivity index (χ3v) is 4.16. The fourth-order valence-corrected chi connectivity index (χ4v) is 3.05. The van der Waals surface area contributed by atoms with E-state index < -0.39 is 5.97 Å². The number of carboxylic acids is 1. The van der Waals surface area contributed by atoms with Gasteiger partial charge in [-0.1, -0.05) is 6.08 Å². The predicted octanol–water partition coefficient (Wildman–Crippen LogP) is 2.64. The highest BCUT2D eigenvalue weighted by Gasteiger charge is 2.29. The van der Waals surface area contributed by atoms with Gasteiger partial charge in [0.05, 0.1) is 6.04 Å². The number of aliphatic carboxylic acids is 1. The first-order valence-electron chi connectivity index (χ1n) is 7.38. The number of carbonyl (C=O) groups is 2. The highest BCUT2D eigenvalue weighted by atomic mass is 16.4. The summed E-state index contributed by atoms with van der Waals surface area (Å²) in [5.41, 5.74) is 1.28. The number of fused-ring (bicyclic) bond motifs is 1. The van der Waals surface area contributed by atoms with Crippen LogP contribution in [0, 0.1) is 5.92 Å². The molecular formula is C15H23NO3.